The lowest BCUT2D eigenvalue weighted by molar-refractivity contribution is -0.122. The largest absolute Gasteiger partial charge is 0.315 e. The van der Waals surface area contributed by atoms with Crippen molar-refractivity contribution >= 4 is 17.7 Å². The molecule has 0 rings (SSSR count). The van der Waals surface area contributed by atoms with Gasteiger partial charge in [-0.25, -0.2) is 0 Å². The Morgan fingerprint density at radius 3 is 1.19 bits per heavy atom. The second-order valence-corrected chi connectivity index (χ2v) is 2.57. The molecule has 3 N–H and O–H groups in total. The highest BCUT2D eigenvalue weighted by Gasteiger charge is 2.12. The number of hydrogen-bond acceptors (Lipinski definition) is 3. The van der Waals surface area contributed by atoms with E-state index in [1.807, 2.05) is 0 Å². The third kappa shape index (κ3) is 5.38. The van der Waals surface area contributed by atoms with Crippen LogP contribution in [0.3, 0.4) is 0 Å². The number of nitrogens with one attached hydrogen (secondary N) is 3. The average Bonchev–Trinajstić information content (AvgIpc) is 2.28. The molecule has 0 spiro atoms. The molecule has 0 heterocycles. The second-order valence-electron chi connectivity index (χ2n) is 2.57. The van der Waals surface area contributed by atoms with Crippen LogP contribution in [0.25, 0.3) is 0 Å². The fraction of sp³-hybridized carbons (Fsp3) is 0.100. The van der Waals surface area contributed by atoms with E-state index in [1.165, 1.54) is 0 Å². The Kier molecular flexibility index (Phi) is 5.96. The Labute approximate surface area is 93.1 Å². The van der Waals surface area contributed by atoms with Crippen molar-refractivity contribution in [2.24, 2.45) is 0 Å². The lowest BCUT2D eigenvalue weighted by Gasteiger charge is -2.18. The number of amides is 3. The van der Waals surface area contributed by atoms with E-state index >= 15 is 0 Å². The molecule has 0 aliphatic rings. The zero-order valence-corrected chi connectivity index (χ0v) is 8.66. The van der Waals surface area contributed by atoms with Crippen LogP contribution in [0.4, 0.5) is 0 Å². The Morgan fingerprint density at radius 1 is 0.750 bits per heavy atom. The summed E-state index contributed by atoms with van der Waals surface area (Å²) >= 11 is 0. The Balaban J connectivity index is 4.48. The Morgan fingerprint density at radius 2 is 1.00 bits per heavy atom. The molecule has 0 aliphatic carbocycles. The third-order valence-corrected chi connectivity index (χ3v) is 1.42. The van der Waals surface area contributed by atoms with E-state index in [9.17, 15) is 14.4 Å². The quantitative estimate of drug-likeness (QED) is 0.406. The maximum Gasteiger partial charge on any atom is 0.246 e. The topological polar surface area (TPSA) is 87.3 Å². The van der Waals surface area contributed by atoms with Gasteiger partial charge in [-0.1, -0.05) is 19.7 Å². The lowest BCUT2D eigenvalue weighted by Crippen LogP contribution is -2.57. The van der Waals surface area contributed by atoms with Gasteiger partial charge in [0.05, 0.1) is 0 Å². The van der Waals surface area contributed by atoms with Crippen molar-refractivity contribution in [1.82, 2.24) is 16.0 Å². The molecule has 0 unspecified atom stereocenters. The molecule has 0 atom stereocenters. The second kappa shape index (κ2) is 6.99. The first kappa shape index (κ1) is 13.6. The predicted octanol–water partition coefficient (Wildman–Crippen LogP) is -0.823. The van der Waals surface area contributed by atoms with Gasteiger partial charge in [0.2, 0.25) is 17.7 Å². The van der Waals surface area contributed by atoms with Crippen LogP contribution in [-0.4, -0.2) is 24.0 Å². The van der Waals surface area contributed by atoms with Crippen LogP contribution >= 0.6 is 0 Å². The van der Waals surface area contributed by atoms with Gasteiger partial charge in [-0.05, 0) is 18.2 Å². The predicted molar refractivity (Wildman–Crippen MR) is 58.8 cm³/mol. The first-order valence-corrected chi connectivity index (χ1v) is 4.32. The molecular formula is C10H13N3O3. The highest BCUT2D eigenvalue weighted by atomic mass is 16.2. The minimum absolute atomic E-state index is 0.543. The summed E-state index contributed by atoms with van der Waals surface area (Å²) in [6.45, 7) is 9.70. The summed E-state index contributed by atoms with van der Waals surface area (Å²) in [7, 11) is 0. The molecule has 0 radical (unpaired) electrons. The maximum atomic E-state index is 11.0. The molecule has 6 heteroatoms. The van der Waals surface area contributed by atoms with E-state index in [4.69, 9.17) is 0 Å². The summed E-state index contributed by atoms with van der Waals surface area (Å²) < 4.78 is 0. The first-order chi connectivity index (χ1) is 7.53. The van der Waals surface area contributed by atoms with Gasteiger partial charge >= 0.3 is 0 Å². The van der Waals surface area contributed by atoms with Gasteiger partial charge in [-0.15, -0.1) is 0 Å². The third-order valence-electron chi connectivity index (χ3n) is 1.42. The summed E-state index contributed by atoms with van der Waals surface area (Å²) in [6, 6.07) is 0. The summed E-state index contributed by atoms with van der Waals surface area (Å²) in [6.07, 6.45) is 1.98. The number of carbonyl (C=O) groups excluding carboxylic acids is 3. The van der Waals surface area contributed by atoms with Crippen LogP contribution in [0.15, 0.2) is 38.0 Å². The van der Waals surface area contributed by atoms with Gasteiger partial charge in [0.1, 0.15) is 0 Å². The van der Waals surface area contributed by atoms with Crippen LogP contribution in [0.1, 0.15) is 0 Å². The molecular weight excluding hydrogens is 210 g/mol. The van der Waals surface area contributed by atoms with Crippen LogP contribution in [0, 0.1) is 0 Å². The summed E-state index contributed by atoms with van der Waals surface area (Å²) in [4.78, 5) is 32.9. The molecule has 0 aliphatic heterocycles. The van der Waals surface area contributed by atoms with Gasteiger partial charge in [0, 0.05) is 0 Å². The molecule has 0 saturated heterocycles. The maximum absolute atomic E-state index is 11.0. The van der Waals surface area contributed by atoms with Gasteiger partial charge in [-0.2, -0.15) is 0 Å². The van der Waals surface area contributed by atoms with Crippen molar-refractivity contribution in [3.05, 3.63) is 38.0 Å². The van der Waals surface area contributed by atoms with Crippen molar-refractivity contribution in [3.8, 4) is 0 Å². The van der Waals surface area contributed by atoms with Gasteiger partial charge in [0.25, 0.3) is 0 Å². The fourth-order valence-corrected chi connectivity index (χ4v) is 0.712. The minimum atomic E-state index is -1.04. The monoisotopic (exact) mass is 223 g/mol. The van der Waals surface area contributed by atoms with E-state index in [0.29, 0.717) is 0 Å². The SMILES string of the molecule is C=CC(=O)NC(NC(=O)C=C)NC(=O)C=C. The first-order valence-electron chi connectivity index (χ1n) is 4.32. The lowest BCUT2D eigenvalue weighted by atomic mass is 10.5. The minimum Gasteiger partial charge on any atom is -0.315 e. The normalized spacial score (nSPS) is 8.81. The highest BCUT2D eigenvalue weighted by Crippen LogP contribution is 1.78. The molecule has 0 aromatic rings. The van der Waals surface area contributed by atoms with E-state index < -0.39 is 24.0 Å². The van der Waals surface area contributed by atoms with Gasteiger partial charge in [0.15, 0.2) is 6.29 Å². The summed E-state index contributed by atoms with van der Waals surface area (Å²) in [5.41, 5.74) is 0. The van der Waals surface area contributed by atoms with E-state index in [0.717, 1.165) is 18.2 Å². The molecule has 0 bridgehead atoms. The van der Waals surface area contributed by atoms with Gasteiger partial charge < -0.3 is 16.0 Å². The van der Waals surface area contributed by atoms with Crippen LogP contribution in [0.2, 0.25) is 0 Å². The zero-order chi connectivity index (χ0) is 12.6. The van der Waals surface area contributed by atoms with Crippen LogP contribution < -0.4 is 16.0 Å². The molecule has 3 amide bonds. The molecule has 0 saturated carbocycles. The molecule has 6 nitrogen and oxygen atoms in total. The van der Waals surface area contributed by atoms with Crippen LogP contribution in [-0.2, 0) is 14.4 Å². The molecule has 16 heavy (non-hydrogen) atoms. The Hall–Kier alpha value is -2.37. The van der Waals surface area contributed by atoms with E-state index in [-0.39, 0.29) is 0 Å². The van der Waals surface area contributed by atoms with E-state index in [2.05, 4.69) is 35.7 Å². The molecule has 0 fully saturated rings. The molecule has 0 aromatic carbocycles. The van der Waals surface area contributed by atoms with Crippen molar-refractivity contribution in [1.29, 1.82) is 0 Å². The zero-order valence-electron chi connectivity index (χ0n) is 8.66. The van der Waals surface area contributed by atoms with E-state index in [1.54, 1.807) is 0 Å². The molecule has 0 aromatic heterocycles. The molecule has 86 valence electrons. The standard InChI is InChI=1S/C10H13N3O3/c1-4-7(14)11-10(12-8(15)5-2)13-9(16)6-3/h4-6,10H,1-3H2,(H,11,14)(H,12,15)(H,13,16). The van der Waals surface area contributed by atoms with Crippen molar-refractivity contribution < 1.29 is 14.4 Å². The van der Waals surface area contributed by atoms with Crippen molar-refractivity contribution in [3.63, 3.8) is 0 Å². The summed E-state index contributed by atoms with van der Waals surface area (Å²) in [5, 5.41) is 6.84. The fourth-order valence-electron chi connectivity index (χ4n) is 0.712. The number of hydrogen-bond donors (Lipinski definition) is 3. The smallest absolute Gasteiger partial charge is 0.246 e. The van der Waals surface area contributed by atoms with Gasteiger partial charge in [-0.3, -0.25) is 14.4 Å². The summed E-state index contributed by atoms with van der Waals surface area (Å²) in [5.74, 6) is -1.63. The average molecular weight is 223 g/mol. The number of carbonyl (C=O) groups is 3. The highest BCUT2D eigenvalue weighted by molar-refractivity contribution is 5.92. The number of rotatable bonds is 6. The Bertz CT molecular complexity index is 284. The van der Waals surface area contributed by atoms with Crippen LogP contribution in [0.5, 0.6) is 0 Å². The van der Waals surface area contributed by atoms with Crippen molar-refractivity contribution in [2.75, 3.05) is 0 Å². The van der Waals surface area contributed by atoms with Crippen molar-refractivity contribution in [2.45, 2.75) is 6.29 Å².